The molecule has 100 valence electrons. The first-order valence-corrected chi connectivity index (χ1v) is 6.98. The van der Waals surface area contributed by atoms with Crippen molar-refractivity contribution in [1.82, 2.24) is 5.32 Å². The second-order valence-corrected chi connectivity index (χ2v) is 5.03. The summed E-state index contributed by atoms with van der Waals surface area (Å²) in [4.78, 5) is 11.8. The maximum absolute atomic E-state index is 11.8. The van der Waals surface area contributed by atoms with Gasteiger partial charge in [0, 0.05) is 6.04 Å². The zero-order chi connectivity index (χ0) is 12.6. The molecule has 0 bridgehead atoms. The Morgan fingerprint density at radius 1 is 1.33 bits per heavy atom. The van der Waals surface area contributed by atoms with Crippen LogP contribution in [-0.4, -0.2) is 18.5 Å². The van der Waals surface area contributed by atoms with E-state index in [4.69, 9.17) is 4.42 Å². The predicted octanol–water partition coefficient (Wildman–Crippen LogP) is 1.18. The van der Waals surface area contributed by atoms with Crippen molar-refractivity contribution in [3.8, 4) is 0 Å². The van der Waals surface area contributed by atoms with Crippen LogP contribution in [0.15, 0.2) is 22.8 Å². The van der Waals surface area contributed by atoms with Crippen LogP contribution < -0.4 is 10.6 Å². The fraction of sp³-hybridized carbons (Fsp3) is 0.643. The lowest BCUT2D eigenvalue weighted by Crippen LogP contribution is -2.85. The molecule has 1 amide bonds. The van der Waals surface area contributed by atoms with Crippen molar-refractivity contribution in [3.05, 3.63) is 24.2 Å². The van der Waals surface area contributed by atoms with Crippen LogP contribution in [0.25, 0.3) is 0 Å². The summed E-state index contributed by atoms with van der Waals surface area (Å²) in [6.45, 7) is 1.21. The third kappa shape index (κ3) is 4.53. The van der Waals surface area contributed by atoms with Gasteiger partial charge < -0.3 is 15.1 Å². The van der Waals surface area contributed by atoms with E-state index in [0.29, 0.717) is 12.6 Å². The molecule has 1 aliphatic rings. The minimum absolute atomic E-state index is 0.147. The molecule has 1 aromatic heterocycles. The van der Waals surface area contributed by atoms with Crippen LogP contribution in [0.5, 0.6) is 0 Å². The minimum Gasteiger partial charge on any atom is -0.463 e. The Bertz CT molecular complexity index is 341. The zero-order valence-electron chi connectivity index (χ0n) is 10.9. The molecule has 1 fully saturated rings. The lowest BCUT2D eigenvalue weighted by atomic mass is 10.1. The smallest absolute Gasteiger partial charge is 0.275 e. The Morgan fingerprint density at radius 2 is 2.11 bits per heavy atom. The van der Waals surface area contributed by atoms with Crippen LogP contribution in [0.1, 0.15) is 44.3 Å². The van der Waals surface area contributed by atoms with Crippen LogP contribution in [0.3, 0.4) is 0 Å². The summed E-state index contributed by atoms with van der Waals surface area (Å²) in [5.41, 5.74) is 0. The first-order valence-electron chi connectivity index (χ1n) is 6.98. The number of nitrogens with two attached hydrogens (primary N) is 1. The van der Waals surface area contributed by atoms with Crippen LogP contribution in [-0.2, 0) is 11.3 Å². The summed E-state index contributed by atoms with van der Waals surface area (Å²) in [5, 5.41) is 5.12. The molecule has 1 aliphatic carbocycles. The van der Waals surface area contributed by atoms with Crippen molar-refractivity contribution in [3.63, 3.8) is 0 Å². The standard InChI is InChI=1S/C14H22N2O2/c17-14(11-15-10-13-8-5-9-18-13)16-12-6-3-1-2-4-7-12/h5,8-9,12,15H,1-4,6-7,10-11H2,(H,16,17)/p+1. The third-order valence-corrected chi connectivity index (χ3v) is 3.48. The lowest BCUT2D eigenvalue weighted by Gasteiger charge is -2.15. The van der Waals surface area contributed by atoms with E-state index in [-0.39, 0.29) is 5.91 Å². The lowest BCUT2D eigenvalue weighted by molar-refractivity contribution is -0.661. The van der Waals surface area contributed by atoms with Crippen molar-refractivity contribution in [2.45, 2.75) is 51.1 Å². The van der Waals surface area contributed by atoms with Gasteiger partial charge in [-0.05, 0) is 25.0 Å². The normalized spacial score (nSPS) is 17.3. The highest BCUT2D eigenvalue weighted by molar-refractivity contribution is 5.77. The molecule has 1 heterocycles. The van der Waals surface area contributed by atoms with E-state index < -0.39 is 0 Å². The molecule has 0 aromatic carbocycles. The average Bonchev–Trinajstić information content (AvgIpc) is 2.74. The van der Waals surface area contributed by atoms with Crippen molar-refractivity contribution in [1.29, 1.82) is 0 Å². The number of hydrogen-bond donors (Lipinski definition) is 2. The maximum atomic E-state index is 11.8. The molecule has 18 heavy (non-hydrogen) atoms. The molecule has 0 aliphatic heterocycles. The van der Waals surface area contributed by atoms with Gasteiger partial charge >= 0.3 is 0 Å². The van der Waals surface area contributed by atoms with Crippen molar-refractivity contribution in [2.75, 3.05) is 6.54 Å². The summed E-state index contributed by atoms with van der Waals surface area (Å²) >= 11 is 0. The van der Waals surface area contributed by atoms with Gasteiger partial charge in [-0.25, -0.2) is 0 Å². The Balaban J connectivity index is 1.62. The highest BCUT2D eigenvalue weighted by Gasteiger charge is 2.15. The molecule has 0 atom stereocenters. The van der Waals surface area contributed by atoms with Crippen LogP contribution in [0, 0.1) is 0 Å². The highest BCUT2D eigenvalue weighted by Crippen LogP contribution is 2.16. The molecule has 1 saturated carbocycles. The van der Waals surface area contributed by atoms with Gasteiger partial charge in [0.15, 0.2) is 12.3 Å². The summed E-state index contributed by atoms with van der Waals surface area (Å²) < 4.78 is 5.22. The Labute approximate surface area is 108 Å². The SMILES string of the molecule is O=C(C[NH2+]Cc1ccco1)NC1CCCCCC1. The minimum atomic E-state index is 0.147. The molecule has 0 saturated heterocycles. The Kier molecular flexibility index (Phi) is 5.27. The topological polar surface area (TPSA) is 58.9 Å². The van der Waals surface area contributed by atoms with Gasteiger partial charge in [0.1, 0.15) is 6.54 Å². The summed E-state index contributed by atoms with van der Waals surface area (Å²) in [6.07, 6.45) is 9.08. The van der Waals surface area contributed by atoms with Gasteiger partial charge in [-0.2, -0.15) is 0 Å². The van der Waals surface area contributed by atoms with E-state index in [0.717, 1.165) is 25.1 Å². The fourth-order valence-corrected chi connectivity index (χ4v) is 2.48. The average molecular weight is 251 g/mol. The Hall–Kier alpha value is -1.29. The number of furan rings is 1. The number of amides is 1. The monoisotopic (exact) mass is 251 g/mol. The molecule has 4 heteroatoms. The summed E-state index contributed by atoms with van der Waals surface area (Å²) in [6, 6.07) is 4.20. The van der Waals surface area contributed by atoms with Crippen molar-refractivity contribution >= 4 is 5.91 Å². The van der Waals surface area contributed by atoms with Crippen LogP contribution >= 0.6 is 0 Å². The van der Waals surface area contributed by atoms with Gasteiger partial charge in [-0.15, -0.1) is 0 Å². The predicted molar refractivity (Wildman–Crippen MR) is 68.8 cm³/mol. The molecule has 1 aromatic rings. The molecule has 4 nitrogen and oxygen atoms in total. The van der Waals surface area contributed by atoms with E-state index in [1.165, 1.54) is 25.7 Å². The van der Waals surface area contributed by atoms with Gasteiger partial charge in [0.05, 0.1) is 6.26 Å². The first-order chi connectivity index (χ1) is 8.84. The van der Waals surface area contributed by atoms with E-state index in [9.17, 15) is 4.79 Å². The summed E-state index contributed by atoms with van der Waals surface area (Å²) in [7, 11) is 0. The number of hydrogen-bond acceptors (Lipinski definition) is 2. The van der Waals surface area contributed by atoms with Gasteiger partial charge in [-0.3, -0.25) is 4.79 Å². The molecular weight excluding hydrogens is 228 g/mol. The molecule has 0 spiro atoms. The molecule has 0 radical (unpaired) electrons. The molecular formula is C14H23N2O2+. The van der Waals surface area contributed by atoms with Crippen molar-refractivity contribution < 1.29 is 14.5 Å². The maximum Gasteiger partial charge on any atom is 0.275 e. The van der Waals surface area contributed by atoms with Crippen molar-refractivity contribution in [2.24, 2.45) is 0 Å². The molecule has 3 N–H and O–H groups in total. The number of quaternary nitrogens is 1. The van der Waals surface area contributed by atoms with Gasteiger partial charge in [-0.1, -0.05) is 25.7 Å². The third-order valence-electron chi connectivity index (χ3n) is 3.48. The van der Waals surface area contributed by atoms with Crippen LogP contribution in [0.4, 0.5) is 0 Å². The first kappa shape index (κ1) is 13.1. The number of nitrogens with one attached hydrogen (secondary N) is 1. The molecule has 2 rings (SSSR count). The van der Waals surface area contributed by atoms with Gasteiger partial charge in [0.2, 0.25) is 0 Å². The van der Waals surface area contributed by atoms with E-state index in [1.54, 1.807) is 6.26 Å². The quantitative estimate of drug-likeness (QED) is 0.772. The second kappa shape index (κ2) is 7.21. The largest absolute Gasteiger partial charge is 0.463 e. The van der Waals surface area contributed by atoms with Gasteiger partial charge in [0.25, 0.3) is 5.91 Å². The fourth-order valence-electron chi connectivity index (χ4n) is 2.48. The number of rotatable bonds is 5. The van der Waals surface area contributed by atoms with E-state index in [1.807, 2.05) is 17.4 Å². The highest BCUT2D eigenvalue weighted by atomic mass is 16.3. The van der Waals surface area contributed by atoms with E-state index in [2.05, 4.69) is 5.32 Å². The zero-order valence-corrected chi connectivity index (χ0v) is 10.9. The second-order valence-electron chi connectivity index (χ2n) is 5.03. The number of carbonyl (C=O) groups excluding carboxylic acids is 1. The number of carbonyl (C=O) groups is 1. The summed E-state index contributed by atoms with van der Waals surface area (Å²) in [5.74, 6) is 1.06. The Morgan fingerprint density at radius 3 is 2.78 bits per heavy atom. The van der Waals surface area contributed by atoms with Crippen LogP contribution in [0.2, 0.25) is 0 Å². The molecule has 0 unspecified atom stereocenters. The van der Waals surface area contributed by atoms with E-state index >= 15 is 0 Å².